The van der Waals surface area contributed by atoms with Gasteiger partial charge in [0, 0.05) is 0 Å². The van der Waals surface area contributed by atoms with Crippen molar-refractivity contribution in [3.8, 4) is 0 Å². The Balaban J connectivity index is 2.06. The van der Waals surface area contributed by atoms with Crippen LogP contribution < -0.4 is 0 Å². The van der Waals surface area contributed by atoms with Crippen molar-refractivity contribution in [2.24, 2.45) is 0 Å². The molecule has 1 aromatic carbocycles. The third kappa shape index (κ3) is 4.83. The number of hydrogen-bond donors (Lipinski definition) is 0. The summed E-state index contributed by atoms with van der Waals surface area (Å²) in [6.07, 6.45) is 4.61. The van der Waals surface area contributed by atoms with Crippen molar-refractivity contribution in [3.63, 3.8) is 0 Å². The lowest BCUT2D eigenvalue weighted by atomic mass is 10.1. The number of benzene rings is 1. The number of carbonyl (C=O) groups is 1. The zero-order chi connectivity index (χ0) is 17.1. The average molecular weight is 317 g/mol. The van der Waals surface area contributed by atoms with Gasteiger partial charge in [0.15, 0.2) is 0 Å². The fourth-order valence-corrected chi connectivity index (χ4v) is 2.62. The molecule has 0 saturated carbocycles. The Labute approximate surface area is 139 Å². The molecule has 1 aliphatic heterocycles. The summed E-state index contributed by atoms with van der Waals surface area (Å²) in [5.74, 6) is 0. The van der Waals surface area contributed by atoms with Crippen molar-refractivity contribution >= 4 is 6.09 Å². The second-order valence-corrected chi connectivity index (χ2v) is 7.29. The summed E-state index contributed by atoms with van der Waals surface area (Å²) >= 11 is 0. The van der Waals surface area contributed by atoms with E-state index in [1.54, 1.807) is 4.90 Å². The van der Waals surface area contributed by atoms with E-state index in [9.17, 15) is 4.79 Å². The van der Waals surface area contributed by atoms with Crippen molar-refractivity contribution in [3.05, 3.63) is 48.0 Å². The quantitative estimate of drug-likeness (QED) is 0.786. The zero-order valence-corrected chi connectivity index (χ0v) is 14.7. The van der Waals surface area contributed by atoms with Crippen LogP contribution in [0.15, 0.2) is 42.5 Å². The lowest BCUT2D eigenvalue weighted by Crippen LogP contribution is -2.49. The number of carbonyl (C=O) groups excluding carboxylic acids is 1. The fourth-order valence-electron chi connectivity index (χ4n) is 2.62. The van der Waals surface area contributed by atoms with Gasteiger partial charge >= 0.3 is 6.09 Å². The molecular weight excluding hydrogens is 290 g/mol. The van der Waals surface area contributed by atoms with E-state index in [4.69, 9.17) is 9.47 Å². The Morgan fingerprint density at radius 3 is 2.61 bits per heavy atom. The molecule has 4 nitrogen and oxygen atoms in total. The van der Waals surface area contributed by atoms with Gasteiger partial charge in [-0.1, -0.05) is 42.5 Å². The molecule has 0 bridgehead atoms. The van der Waals surface area contributed by atoms with Crippen LogP contribution in [0.5, 0.6) is 0 Å². The van der Waals surface area contributed by atoms with E-state index in [1.807, 2.05) is 58.9 Å². The average Bonchev–Trinajstić information content (AvgIpc) is 2.73. The van der Waals surface area contributed by atoms with Gasteiger partial charge in [-0.15, -0.1) is 0 Å². The highest BCUT2D eigenvalue weighted by Gasteiger charge is 2.44. The molecule has 1 saturated heterocycles. The normalized spacial score (nSPS) is 20.9. The number of allylic oxidation sites excluding steroid dienone is 1. The summed E-state index contributed by atoms with van der Waals surface area (Å²) in [7, 11) is 0. The van der Waals surface area contributed by atoms with Crippen LogP contribution >= 0.6 is 0 Å². The lowest BCUT2D eigenvalue weighted by Gasteiger charge is -2.34. The van der Waals surface area contributed by atoms with Gasteiger partial charge in [-0.05, 0) is 46.6 Å². The van der Waals surface area contributed by atoms with Gasteiger partial charge in [0.2, 0.25) is 0 Å². The molecule has 1 aromatic rings. The highest BCUT2D eigenvalue weighted by molar-refractivity contribution is 5.70. The van der Waals surface area contributed by atoms with Crippen molar-refractivity contribution in [2.45, 2.75) is 58.4 Å². The molecule has 0 radical (unpaired) electrons. The molecule has 2 rings (SSSR count). The van der Waals surface area contributed by atoms with E-state index < -0.39 is 11.3 Å². The van der Waals surface area contributed by atoms with E-state index in [-0.39, 0.29) is 12.1 Å². The largest absolute Gasteiger partial charge is 0.444 e. The first-order valence-electron chi connectivity index (χ1n) is 8.06. The van der Waals surface area contributed by atoms with Gasteiger partial charge in [0.05, 0.1) is 12.6 Å². The summed E-state index contributed by atoms with van der Waals surface area (Å²) in [4.78, 5) is 14.2. The first kappa shape index (κ1) is 17.5. The minimum Gasteiger partial charge on any atom is -0.444 e. The predicted molar refractivity (Wildman–Crippen MR) is 91.2 cm³/mol. The van der Waals surface area contributed by atoms with Crippen LogP contribution in [-0.4, -0.2) is 35.0 Å². The van der Waals surface area contributed by atoms with Gasteiger partial charge in [0.25, 0.3) is 0 Å². The van der Waals surface area contributed by atoms with Gasteiger partial charge in [-0.25, -0.2) is 4.79 Å². The third-order valence-electron chi connectivity index (χ3n) is 3.66. The highest BCUT2D eigenvalue weighted by atomic mass is 16.6. The number of nitrogens with zero attached hydrogens (tertiary/aromatic N) is 1. The molecule has 4 heteroatoms. The smallest absolute Gasteiger partial charge is 0.413 e. The van der Waals surface area contributed by atoms with Gasteiger partial charge in [0.1, 0.15) is 11.3 Å². The second kappa shape index (κ2) is 6.75. The summed E-state index contributed by atoms with van der Waals surface area (Å²) in [6.45, 7) is 9.88. The fraction of sp³-hybridized carbons (Fsp3) is 0.526. The van der Waals surface area contributed by atoms with Gasteiger partial charge < -0.3 is 9.47 Å². The van der Waals surface area contributed by atoms with Crippen molar-refractivity contribution in [1.82, 2.24) is 4.90 Å². The first-order valence-corrected chi connectivity index (χ1v) is 8.06. The number of rotatable bonds is 3. The maximum atomic E-state index is 12.5. The number of hydrogen-bond acceptors (Lipinski definition) is 3. The van der Waals surface area contributed by atoms with Crippen LogP contribution in [-0.2, 0) is 15.9 Å². The van der Waals surface area contributed by atoms with Crippen LogP contribution in [0.3, 0.4) is 0 Å². The topological polar surface area (TPSA) is 38.8 Å². The zero-order valence-electron chi connectivity index (χ0n) is 14.7. The van der Waals surface area contributed by atoms with E-state index in [0.29, 0.717) is 6.61 Å². The molecule has 1 atom stereocenters. The first-order chi connectivity index (χ1) is 10.7. The SMILES string of the molecule is CC(C)(C)OC(=O)N1C(/C=C/Cc2ccccc2)COC1(C)C. The minimum atomic E-state index is -0.663. The molecule has 126 valence electrons. The summed E-state index contributed by atoms with van der Waals surface area (Å²) < 4.78 is 11.3. The maximum absolute atomic E-state index is 12.5. The molecular formula is C19H27NO3. The molecule has 23 heavy (non-hydrogen) atoms. The lowest BCUT2D eigenvalue weighted by molar-refractivity contribution is -0.0610. The number of ether oxygens (including phenoxy) is 2. The standard InChI is InChI=1S/C19H27NO3/c1-18(2,3)23-17(21)20-16(14-22-19(20,4)5)13-9-12-15-10-7-6-8-11-15/h6-11,13,16H,12,14H2,1-5H3/b13-9+. The van der Waals surface area contributed by atoms with Crippen LogP contribution in [0.4, 0.5) is 4.79 Å². The van der Waals surface area contributed by atoms with E-state index >= 15 is 0 Å². The molecule has 1 fully saturated rings. The summed E-state index contributed by atoms with van der Waals surface area (Å²) in [6, 6.07) is 10.1. The molecule has 1 amide bonds. The van der Waals surface area contributed by atoms with Crippen molar-refractivity contribution in [1.29, 1.82) is 0 Å². The Bertz CT molecular complexity index is 558. The summed E-state index contributed by atoms with van der Waals surface area (Å²) in [5, 5.41) is 0. The molecule has 0 spiro atoms. The van der Waals surface area contributed by atoms with Crippen LogP contribution in [0.1, 0.15) is 40.2 Å². The molecule has 0 aromatic heterocycles. The predicted octanol–water partition coefficient (Wildman–Crippen LogP) is 4.16. The summed E-state index contributed by atoms with van der Waals surface area (Å²) in [5.41, 5.74) is 0.0590. The van der Waals surface area contributed by atoms with E-state index in [1.165, 1.54) is 5.56 Å². The Kier molecular flexibility index (Phi) is 5.15. The Morgan fingerprint density at radius 2 is 2.00 bits per heavy atom. The maximum Gasteiger partial charge on any atom is 0.413 e. The van der Waals surface area contributed by atoms with Crippen molar-refractivity contribution < 1.29 is 14.3 Å². The van der Waals surface area contributed by atoms with Gasteiger partial charge in [-0.2, -0.15) is 0 Å². The van der Waals surface area contributed by atoms with Crippen LogP contribution in [0.2, 0.25) is 0 Å². The molecule has 1 heterocycles. The molecule has 1 unspecified atom stereocenters. The van der Waals surface area contributed by atoms with Crippen LogP contribution in [0, 0.1) is 0 Å². The van der Waals surface area contributed by atoms with E-state index in [0.717, 1.165) is 6.42 Å². The third-order valence-corrected chi connectivity index (χ3v) is 3.66. The van der Waals surface area contributed by atoms with Crippen LogP contribution in [0.25, 0.3) is 0 Å². The van der Waals surface area contributed by atoms with Gasteiger partial charge in [-0.3, -0.25) is 4.90 Å². The molecule has 0 aliphatic carbocycles. The monoisotopic (exact) mass is 317 g/mol. The second-order valence-electron chi connectivity index (χ2n) is 7.29. The Morgan fingerprint density at radius 1 is 1.35 bits per heavy atom. The van der Waals surface area contributed by atoms with E-state index in [2.05, 4.69) is 18.2 Å². The Hall–Kier alpha value is -1.81. The number of amides is 1. The van der Waals surface area contributed by atoms with Crippen molar-refractivity contribution in [2.75, 3.05) is 6.61 Å². The molecule has 1 aliphatic rings. The minimum absolute atomic E-state index is 0.108. The highest BCUT2D eigenvalue weighted by Crippen LogP contribution is 2.30. The molecule has 0 N–H and O–H groups in total.